The third-order valence-corrected chi connectivity index (χ3v) is 4.71. The van der Waals surface area contributed by atoms with Gasteiger partial charge < -0.3 is 15.4 Å². The van der Waals surface area contributed by atoms with Crippen molar-refractivity contribution in [2.45, 2.75) is 13.0 Å². The third kappa shape index (κ3) is 2.42. The smallest absolute Gasteiger partial charge is 0.251 e. The zero-order chi connectivity index (χ0) is 18.3. The number of amides is 1. The Morgan fingerprint density at radius 2 is 2.04 bits per heavy atom. The van der Waals surface area contributed by atoms with Crippen LogP contribution in [0.5, 0.6) is 5.75 Å². The fourth-order valence-electron chi connectivity index (χ4n) is 3.52. The number of rotatable bonds is 3. The van der Waals surface area contributed by atoms with Gasteiger partial charge >= 0.3 is 0 Å². The monoisotopic (exact) mass is 348 g/mol. The Balaban J connectivity index is 2.01. The molecule has 1 aliphatic rings. The number of allylic oxidation sites excluding steroid dienone is 1. The lowest BCUT2D eigenvalue weighted by molar-refractivity contribution is -0.117. The minimum atomic E-state index is -0.298. The molecule has 0 radical (unpaired) electrons. The largest absolute Gasteiger partial charge is 0.497 e. The normalized spacial score (nSPS) is 16.2. The number of aromatic nitrogens is 2. The van der Waals surface area contributed by atoms with Crippen molar-refractivity contribution < 1.29 is 9.53 Å². The van der Waals surface area contributed by atoms with Crippen molar-refractivity contribution in [3.8, 4) is 5.75 Å². The lowest BCUT2D eigenvalue weighted by atomic mass is 9.94. The molecule has 26 heavy (non-hydrogen) atoms. The van der Waals surface area contributed by atoms with Gasteiger partial charge in [-0.15, -0.1) is 0 Å². The Morgan fingerprint density at radius 3 is 2.81 bits per heavy atom. The topological polar surface area (TPSA) is 68.2 Å². The highest BCUT2D eigenvalue weighted by molar-refractivity contribution is 5.97. The standard InChI is InChI=1S/C20H20N4O2/c1-12-17(19(25)21-2)18(13-7-6-8-14(11-13)26-3)24-16-10-5-4-9-15(16)23-20(24)22-12/h4-11,18H,1-3H3,(H,21,25)(H,22,23)/t18-/m0/s1. The molecule has 0 fully saturated rings. The third-order valence-electron chi connectivity index (χ3n) is 4.71. The van der Waals surface area contributed by atoms with Crippen LogP contribution >= 0.6 is 0 Å². The quantitative estimate of drug-likeness (QED) is 0.763. The van der Waals surface area contributed by atoms with Crippen molar-refractivity contribution in [3.63, 3.8) is 0 Å². The molecule has 6 nitrogen and oxygen atoms in total. The number of nitrogens with zero attached hydrogens (tertiary/aromatic N) is 2. The zero-order valence-electron chi connectivity index (χ0n) is 14.9. The van der Waals surface area contributed by atoms with E-state index in [2.05, 4.69) is 15.2 Å². The van der Waals surface area contributed by atoms with Gasteiger partial charge in [0.25, 0.3) is 5.91 Å². The lowest BCUT2D eigenvalue weighted by Gasteiger charge is -2.30. The number of para-hydroxylation sites is 2. The first-order valence-electron chi connectivity index (χ1n) is 8.45. The number of carbonyl (C=O) groups excluding carboxylic acids is 1. The van der Waals surface area contributed by atoms with Gasteiger partial charge in [-0.3, -0.25) is 9.36 Å². The summed E-state index contributed by atoms with van der Waals surface area (Å²) in [5.41, 5.74) is 4.27. The van der Waals surface area contributed by atoms with Crippen molar-refractivity contribution >= 4 is 22.9 Å². The summed E-state index contributed by atoms with van der Waals surface area (Å²) < 4.78 is 7.47. The maximum atomic E-state index is 12.7. The summed E-state index contributed by atoms with van der Waals surface area (Å²) in [6, 6.07) is 15.4. The second-order valence-corrected chi connectivity index (χ2v) is 6.22. The molecule has 0 spiro atoms. The summed E-state index contributed by atoms with van der Waals surface area (Å²) in [5, 5.41) is 6.05. The van der Waals surface area contributed by atoms with Crippen molar-refractivity contribution in [1.29, 1.82) is 0 Å². The maximum Gasteiger partial charge on any atom is 0.251 e. The van der Waals surface area contributed by atoms with Gasteiger partial charge in [-0.1, -0.05) is 24.3 Å². The molecule has 3 aromatic rings. The number of ether oxygens (including phenoxy) is 1. The highest BCUT2D eigenvalue weighted by Gasteiger charge is 2.33. The predicted octanol–water partition coefficient (Wildman–Crippen LogP) is 3.08. The van der Waals surface area contributed by atoms with Crippen LogP contribution in [0.1, 0.15) is 18.5 Å². The van der Waals surface area contributed by atoms with Crippen molar-refractivity contribution in [2.75, 3.05) is 19.5 Å². The average molecular weight is 348 g/mol. The Labute approximate surface area is 151 Å². The van der Waals surface area contributed by atoms with Crippen molar-refractivity contribution in [1.82, 2.24) is 14.9 Å². The number of nitrogens with one attached hydrogen (secondary N) is 2. The van der Waals surface area contributed by atoms with Gasteiger partial charge in [-0.2, -0.15) is 0 Å². The van der Waals surface area contributed by atoms with Gasteiger partial charge in [0.05, 0.1) is 29.8 Å². The van der Waals surface area contributed by atoms with E-state index in [0.717, 1.165) is 34.0 Å². The van der Waals surface area contributed by atoms with Crippen LogP contribution in [-0.2, 0) is 4.79 Å². The number of likely N-dealkylation sites (N-methyl/N-ethyl adjacent to an activating group) is 1. The molecule has 4 rings (SSSR count). The summed E-state index contributed by atoms with van der Waals surface area (Å²) >= 11 is 0. The van der Waals surface area contributed by atoms with Gasteiger partial charge in [-0.25, -0.2) is 4.98 Å². The van der Waals surface area contributed by atoms with Gasteiger partial charge in [0.15, 0.2) is 0 Å². The number of methoxy groups -OCH3 is 1. The molecule has 6 heteroatoms. The average Bonchev–Trinajstić information content (AvgIpc) is 3.04. The lowest BCUT2D eigenvalue weighted by Crippen LogP contribution is -2.33. The fourth-order valence-corrected chi connectivity index (χ4v) is 3.52. The van der Waals surface area contributed by atoms with Crippen molar-refractivity contribution in [2.24, 2.45) is 0 Å². The first-order valence-corrected chi connectivity index (χ1v) is 8.45. The van der Waals surface area contributed by atoms with Crippen LogP contribution in [0.4, 0.5) is 5.95 Å². The summed E-state index contributed by atoms with van der Waals surface area (Å²) in [7, 11) is 3.28. The number of hydrogen-bond donors (Lipinski definition) is 2. The van der Waals surface area contributed by atoms with Gasteiger partial charge in [-0.05, 0) is 36.8 Å². The highest BCUT2D eigenvalue weighted by Crippen LogP contribution is 2.39. The first-order chi connectivity index (χ1) is 12.6. The Morgan fingerprint density at radius 1 is 1.23 bits per heavy atom. The molecule has 1 aromatic heterocycles. The Hall–Kier alpha value is -3.28. The number of fused-ring (bicyclic) bond motifs is 3. The molecule has 1 atom stereocenters. The second-order valence-electron chi connectivity index (χ2n) is 6.22. The molecule has 0 saturated heterocycles. The maximum absolute atomic E-state index is 12.7. The van der Waals surface area contributed by atoms with E-state index in [1.165, 1.54) is 0 Å². The van der Waals surface area contributed by atoms with Crippen LogP contribution in [0.25, 0.3) is 11.0 Å². The molecule has 0 aliphatic carbocycles. The SMILES string of the molecule is CNC(=O)C1=C(C)Nc2nc3ccccc3n2[C@H]1c1cccc(OC)c1. The zero-order valence-corrected chi connectivity index (χ0v) is 14.9. The van der Waals surface area contributed by atoms with Crippen LogP contribution in [-0.4, -0.2) is 29.6 Å². The number of imidazole rings is 1. The first kappa shape index (κ1) is 16.2. The summed E-state index contributed by atoms with van der Waals surface area (Å²) in [5.74, 6) is 1.36. The van der Waals surface area contributed by atoms with E-state index in [0.29, 0.717) is 5.57 Å². The number of carbonyl (C=O) groups is 1. The minimum Gasteiger partial charge on any atom is -0.497 e. The predicted molar refractivity (Wildman–Crippen MR) is 101 cm³/mol. The molecule has 0 unspecified atom stereocenters. The van der Waals surface area contributed by atoms with Gasteiger partial charge in [0.1, 0.15) is 5.75 Å². The highest BCUT2D eigenvalue weighted by atomic mass is 16.5. The van der Waals surface area contributed by atoms with Crippen molar-refractivity contribution in [3.05, 3.63) is 65.4 Å². The molecule has 1 amide bonds. The van der Waals surface area contributed by atoms with Crippen LogP contribution in [0.15, 0.2) is 59.8 Å². The second kappa shape index (κ2) is 6.22. The number of hydrogen-bond acceptors (Lipinski definition) is 4. The van der Waals surface area contributed by atoms with Crippen LogP contribution < -0.4 is 15.4 Å². The van der Waals surface area contributed by atoms with E-state index in [1.807, 2.05) is 55.5 Å². The van der Waals surface area contributed by atoms with E-state index in [4.69, 9.17) is 9.72 Å². The number of benzene rings is 2. The van der Waals surface area contributed by atoms with Gasteiger partial charge in [0, 0.05) is 12.7 Å². The minimum absolute atomic E-state index is 0.119. The summed E-state index contributed by atoms with van der Waals surface area (Å²) in [4.78, 5) is 17.4. The van der Waals surface area contributed by atoms with E-state index < -0.39 is 0 Å². The van der Waals surface area contributed by atoms with Crippen LogP contribution in [0, 0.1) is 0 Å². The van der Waals surface area contributed by atoms with E-state index in [-0.39, 0.29) is 11.9 Å². The summed E-state index contributed by atoms with van der Waals surface area (Å²) in [6.07, 6.45) is 0. The van der Waals surface area contributed by atoms with E-state index in [1.54, 1.807) is 14.2 Å². The molecule has 2 N–H and O–H groups in total. The molecular weight excluding hydrogens is 328 g/mol. The van der Waals surface area contributed by atoms with Crippen LogP contribution in [0.2, 0.25) is 0 Å². The molecule has 0 bridgehead atoms. The number of anilines is 1. The molecule has 132 valence electrons. The molecule has 1 aliphatic heterocycles. The Kier molecular flexibility index (Phi) is 3.88. The summed E-state index contributed by atoms with van der Waals surface area (Å²) in [6.45, 7) is 1.90. The molecule has 2 aromatic carbocycles. The van der Waals surface area contributed by atoms with E-state index >= 15 is 0 Å². The van der Waals surface area contributed by atoms with E-state index in [9.17, 15) is 4.79 Å². The molecular formula is C20H20N4O2. The molecule has 0 saturated carbocycles. The molecule has 2 heterocycles. The fraction of sp³-hybridized carbons (Fsp3) is 0.200. The van der Waals surface area contributed by atoms with Gasteiger partial charge in [0.2, 0.25) is 5.95 Å². The van der Waals surface area contributed by atoms with Crippen LogP contribution in [0.3, 0.4) is 0 Å². The Bertz CT molecular complexity index is 1040.